The zero-order chi connectivity index (χ0) is 40.9. The lowest BCUT2D eigenvalue weighted by atomic mass is 9.89. The fraction of sp³-hybridized carbons (Fsp3) is 0.407. The van der Waals surface area contributed by atoms with Gasteiger partial charge in [-0.25, -0.2) is 9.97 Å². The maximum atomic E-state index is 5.93. The lowest BCUT2D eigenvalue weighted by molar-refractivity contribution is 0.666. The molecule has 2 N–H and O–H groups in total. The van der Waals surface area contributed by atoms with Crippen molar-refractivity contribution in [1.82, 2.24) is 19.9 Å². The molecule has 0 fully saturated rings. The second kappa shape index (κ2) is 18.3. The SMILES string of the molecule is CCCCCCc1c2nc(c(-c3ccccc3)c3nc(c(-c4ccccc4)c4[nH]c(cc5[nH]c1c(CC)c5CC)c(CC)c4CC)C(CC)=C3CC)C(CC)=C2CC. The molecule has 0 unspecified atom stereocenters. The molecule has 0 saturated carbocycles. The third-order valence-corrected chi connectivity index (χ3v) is 12.9. The van der Waals surface area contributed by atoms with Crippen LogP contribution in [0.2, 0.25) is 0 Å². The predicted molar refractivity (Wildman–Crippen MR) is 252 cm³/mol. The van der Waals surface area contributed by atoms with Crippen molar-refractivity contribution in [2.45, 2.75) is 146 Å². The molecule has 0 aliphatic carbocycles. The van der Waals surface area contributed by atoms with Gasteiger partial charge >= 0.3 is 0 Å². The Balaban J connectivity index is 1.84. The number of rotatable bonds is 15. The number of benzene rings is 2. The van der Waals surface area contributed by atoms with Crippen LogP contribution in [0.25, 0.3) is 66.6 Å². The summed E-state index contributed by atoms with van der Waals surface area (Å²) in [5.41, 5.74) is 26.6. The summed E-state index contributed by atoms with van der Waals surface area (Å²) in [6.07, 6.45) is 13.3. The molecule has 4 nitrogen and oxygen atoms in total. The second-order valence-corrected chi connectivity index (χ2v) is 16.0. The number of unbranched alkanes of at least 4 members (excludes halogenated alkanes) is 3. The molecular formula is C54H66N4. The smallest absolute Gasteiger partial charge is 0.0772 e. The first-order chi connectivity index (χ1) is 28.4. The van der Waals surface area contributed by atoms with Gasteiger partial charge in [-0.3, -0.25) is 0 Å². The van der Waals surface area contributed by atoms with Gasteiger partial charge in [0.15, 0.2) is 0 Å². The number of H-pyrrole nitrogens is 2. The topological polar surface area (TPSA) is 57.4 Å². The van der Waals surface area contributed by atoms with Crippen molar-refractivity contribution in [2.75, 3.05) is 0 Å². The fourth-order valence-electron chi connectivity index (χ4n) is 10.2. The summed E-state index contributed by atoms with van der Waals surface area (Å²) in [4.78, 5) is 20.1. The molecule has 0 atom stereocenters. The molecule has 4 heteroatoms. The van der Waals surface area contributed by atoms with Crippen molar-refractivity contribution in [2.24, 2.45) is 0 Å². The zero-order valence-corrected chi connectivity index (χ0v) is 36.9. The van der Waals surface area contributed by atoms with E-state index in [0.717, 1.165) is 81.3 Å². The first kappa shape index (κ1) is 41.2. The van der Waals surface area contributed by atoms with Crippen LogP contribution in [0, 0.1) is 0 Å². The van der Waals surface area contributed by atoms with Crippen molar-refractivity contribution >= 4 is 44.4 Å². The van der Waals surface area contributed by atoms with Crippen LogP contribution in [0.5, 0.6) is 0 Å². The van der Waals surface area contributed by atoms with E-state index in [-0.39, 0.29) is 0 Å². The number of hydrogen-bond donors (Lipinski definition) is 2. The Hall–Kier alpha value is -4.96. The van der Waals surface area contributed by atoms with Crippen molar-refractivity contribution in [1.29, 1.82) is 0 Å². The number of aromatic nitrogens is 4. The number of aryl methyl sites for hydroxylation is 5. The molecule has 0 spiro atoms. The molecule has 0 radical (unpaired) electrons. The average Bonchev–Trinajstić information content (AvgIpc) is 4.01. The highest BCUT2D eigenvalue weighted by molar-refractivity contribution is 6.06. The molecule has 58 heavy (non-hydrogen) atoms. The first-order valence-corrected chi connectivity index (χ1v) is 22.8. The third kappa shape index (κ3) is 7.22. The van der Waals surface area contributed by atoms with Crippen molar-refractivity contribution in [3.05, 3.63) is 117 Å². The summed E-state index contributed by atoms with van der Waals surface area (Å²) in [5.74, 6) is 0. The van der Waals surface area contributed by atoms with Gasteiger partial charge in [-0.1, -0.05) is 142 Å². The Bertz CT molecular complexity index is 2510. The third-order valence-electron chi connectivity index (χ3n) is 12.9. The van der Waals surface area contributed by atoms with E-state index in [0.29, 0.717) is 0 Å². The van der Waals surface area contributed by atoms with E-state index >= 15 is 0 Å². The highest BCUT2D eigenvalue weighted by Crippen LogP contribution is 2.48. The van der Waals surface area contributed by atoms with Crippen molar-refractivity contribution in [3.63, 3.8) is 0 Å². The minimum atomic E-state index is 0.892. The molecule has 5 heterocycles. The Morgan fingerprint density at radius 3 is 1.31 bits per heavy atom. The van der Waals surface area contributed by atoms with Crippen LogP contribution < -0.4 is 0 Å². The van der Waals surface area contributed by atoms with Gasteiger partial charge in [-0.2, -0.15) is 0 Å². The minimum Gasteiger partial charge on any atom is -0.355 e. The summed E-state index contributed by atoms with van der Waals surface area (Å²) < 4.78 is 0. The van der Waals surface area contributed by atoms with Crippen molar-refractivity contribution < 1.29 is 0 Å². The summed E-state index contributed by atoms with van der Waals surface area (Å²) in [5, 5.41) is 0. The summed E-state index contributed by atoms with van der Waals surface area (Å²) >= 11 is 0. The average molecular weight is 771 g/mol. The van der Waals surface area contributed by atoms with E-state index in [2.05, 4.69) is 139 Å². The Morgan fingerprint density at radius 2 is 0.828 bits per heavy atom. The predicted octanol–water partition coefficient (Wildman–Crippen LogP) is 15.5. The van der Waals surface area contributed by atoms with Gasteiger partial charge in [0.2, 0.25) is 0 Å². The van der Waals surface area contributed by atoms with Gasteiger partial charge in [0.1, 0.15) is 0 Å². The number of aromatic amines is 2. The molecule has 2 aliphatic heterocycles. The molecule has 7 rings (SSSR count). The lowest BCUT2D eigenvalue weighted by Crippen LogP contribution is -1.97. The van der Waals surface area contributed by atoms with Crippen LogP contribution in [-0.2, 0) is 32.1 Å². The van der Waals surface area contributed by atoms with Gasteiger partial charge in [-0.05, 0) is 126 Å². The fourth-order valence-corrected chi connectivity index (χ4v) is 10.2. The molecular weight excluding hydrogens is 705 g/mol. The molecule has 2 aromatic carbocycles. The maximum absolute atomic E-state index is 5.93. The van der Waals surface area contributed by atoms with E-state index in [1.54, 1.807) is 0 Å². The highest BCUT2D eigenvalue weighted by atomic mass is 14.8. The number of nitrogens with zero attached hydrogens (tertiary/aromatic N) is 2. The summed E-state index contributed by atoms with van der Waals surface area (Å²) in [6.45, 7) is 20.9. The number of fused-ring (bicyclic) bond motifs is 8. The van der Waals surface area contributed by atoms with Crippen LogP contribution in [0.3, 0.4) is 0 Å². The summed E-state index contributed by atoms with van der Waals surface area (Å²) in [6, 6.07) is 24.5. The van der Waals surface area contributed by atoms with E-state index in [9.17, 15) is 0 Å². The zero-order valence-electron chi connectivity index (χ0n) is 36.9. The van der Waals surface area contributed by atoms with E-state index in [4.69, 9.17) is 9.97 Å². The van der Waals surface area contributed by atoms with E-state index < -0.39 is 0 Å². The molecule has 8 bridgehead atoms. The largest absolute Gasteiger partial charge is 0.355 e. The van der Waals surface area contributed by atoms with Crippen LogP contribution in [0.4, 0.5) is 0 Å². The van der Waals surface area contributed by atoms with Crippen LogP contribution in [0.1, 0.15) is 164 Å². The Morgan fingerprint density at radius 1 is 0.397 bits per heavy atom. The lowest BCUT2D eigenvalue weighted by Gasteiger charge is -2.13. The van der Waals surface area contributed by atoms with E-state index in [1.807, 2.05) is 0 Å². The molecule has 302 valence electrons. The Labute approximate surface area is 348 Å². The minimum absolute atomic E-state index is 0.892. The van der Waals surface area contributed by atoms with Crippen LogP contribution in [0.15, 0.2) is 66.7 Å². The number of allylic oxidation sites excluding steroid dienone is 4. The van der Waals surface area contributed by atoms with Crippen LogP contribution >= 0.6 is 0 Å². The second-order valence-electron chi connectivity index (χ2n) is 16.0. The monoisotopic (exact) mass is 771 g/mol. The molecule has 2 aliphatic rings. The van der Waals surface area contributed by atoms with E-state index in [1.165, 1.54) is 119 Å². The molecule has 0 amide bonds. The van der Waals surface area contributed by atoms with Gasteiger partial charge in [-0.15, -0.1) is 0 Å². The molecule has 0 saturated heterocycles. The normalized spacial score (nSPS) is 13.0. The standard InChI is InChI=1S/C54H66N4/c1-10-19-20-27-32-44-49-38(13-4)36(11-2)45(55-49)33-46-37(12-3)39(14-5)51(56-46)47(34-28-23-21-24-29-34)53-42(17-8)43(18-9)54(58-53)48(35-30-25-22-26-31-35)52-41(16-7)40(15-6)50(44)57-52/h21-26,28-31,33,55-56H,10-20,27,32H2,1-9H3. The van der Waals surface area contributed by atoms with Crippen LogP contribution in [-0.4, -0.2) is 19.9 Å². The highest BCUT2D eigenvalue weighted by Gasteiger charge is 2.31. The number of nitrogens with one attached hydrogen (secondary N) is 2. The van der Waals surface area contributed by atoms with Crippen molar-refractivity contribution in [3.8, 4) is 22.3 Å². The molecule has 3 aromatic heterocycles. The summed E-state index contributed by atoms with van der Waals surface area (Å²) in [7, 11) is 0. The Kier molecular flexibility index (Phi) is 13.0. The molecule has 5 aromatic rings. The van der Waals surface area contributed by atoms with Gasteiger partial charge in [0.05, 0.1) is 28.3 Å². The van der Waals surface area contributed by atoms with Gasteiger partial charge < -0.3 is 9.97 Å². The quantitative estimate of drug-likeness (QED) is 0.104. The number of hydrogen-bond acceptors (Lipinski definition) is 2. The van der Waals surface area contributed by atoms with Gasteiger partial charge in [0, 0.05) is 33.2 Å². The maximum Gasteiger partial charge on any atom is 0.0772 e. The van der Waals surface area contributed by atoms with Gasteiger partial charge in [0.25, 0.3) is 0 Å². The first-order valence-electron chi connectivity index (χ1n) is 22.8.